The molecule has 1 atom stereocenters. The van der Waals surface area contributed by atoms with E-state index in [0.29, 0.717) is 18.3 Å². The zero-order valence-corrected chi connectivity index (χ0v) is 11.0. The van der Waals surface area contributed by atoms with Gasteiger partial charge in [0.15, 0.2) is 6.10 Å². The minimum absolute atomic E-state index is 0.401. The molecule has 2 heterocycles. The van der Waals surface area contributed by atoms with Crippen molar-refractivity contribution in [2.45, 2.75) is 25.9 Å². The lowest BCUT2D eigenvalue weighted by Crippen LogP contribution is -2.42. The van der Waals surface area contributed by atoms with Crippen molar-refractivity contribution in [1.82, 2.24) is 9.97 Å². The lowest BCUT2D eigenvalue weighted by molar-refractivity contribution is 0.0761. The minimum Gasteiger partial charge on any atom is -0.360 e. The molecule has 0 aromatic carbocycles. The van der Waals surface area contributed by atoms with Crippen LogP contribution in [0.5, 0.6) is 0 Å². The number of aromatic nitrogens is 2. The molecule has 0 saturated carbocycles. The van der Waals surface area contributed by atoms with Crippen LogP contribution in [0.25, 0.3) is 0 Å². The lowest BCUT2D eigenvalue weighted by atomic mass is 10.1. The Morgan fingerprint density at radius 1 is 1.61 bits per heavy atom. The fraction of sp³-hybridized carbons (Fsp3) is 0.583. The molecule has 0 spiro atoms. The van der Waals surface area contributed by atoms with Crippen LogP contribution in [-0.2, 0) is 11.2 Å². The van der Waals surface area contributed by atoms with Crippen LogP contribution in [0.1, 0.15) is 18.9 Å². The number of nitrogens with zero attached hydrogens (tertiary/aromatic N) is 4. The summed E-state index contributed by atoms with van der Waals surface area (Å²) in [7, 11) is 0. The monoisotopic (exact) mass is 266 g/mol. The maximum atomic E-state index is 8.92. The predicted molar refractivity (Wildman–Crippen MR) is 68.6 cm³/mol. The first-order valence-corrected chi connectivity index (χ1v) is 6.39. The molecule has 1 unspecified atom stereocenters. The third-order valence-corrected chi connectivity index (χ3v) is 3.21. The second kappa shape index (κ2) is 5.98. The highest BCUT2D eigenvalue weighted by molar-refractivity contribution is 6.30. The van der Waals surface area contributed by atoms with Crippen LogP contribution in [-0.4, -0.2) is 35.8 Å². The smallest absolute Gasteiger partial charge is 0.161 e. The summed E-state index contributed by atoms with van der Waals surface area (Å²) in [6.07, 6.45) is 2.88. The number of anilines is 1. The minimum atomic E-state index is -0.401. The van der Waals surface area contributed by atoms with Gasteiger partial charge in [-0.05, 0) is 6.42 Å². The van der Waals surface area contributed by atoms with Gasteiger partial charge in [-0.15, -0.1) is 0 Å². The Balaban J connectivity index is 2.27. The SMILES string of the molecule is CCCc1c(Cl)ncnc1N1CCOC(C#N)C1. The summed E-state index contributed by atoms with van der Waals surface area (Å²) in [5, 5.41) is 9.42. The van der Waals surface area contributed by atoms with Gasteiger partial charge in [0.2, 0.25) is 0 Å². The molecule has 0 aliphatic carbocycles. The van der Waals surface area contributed by atoms with Crippen LogP contribution in [0.3, 0.4) is 0 Å². The highest BCUT2D eigenvalue weighted by Crippen LogP contribution is 2.26. The van der Waals surface area contributed by atoms with Crippen LogP contribution >= 0.6 is 11.6 Å². The zero-order chi connectivity index (χ0) is 13.0. The topological polar surface area (TPSA) is 62.0 Å². The highest BCUT2D eigenvalue weighted by atomic mass is 35.5. The zero-order valence-electron chi connectivity index (χ0n) is 10.3. The predicted octanol–water partition coefficient (Wildman–Crippen LogP) is 1.81. The van der Waals surface area contributed by atoms with Crippen molar-refractivity contribution in [2.75, 3.05) is 24.6 Å². The Labute approximate surface area is 111 Å². The van der Waals surface area contributed by atoms with E-state index in [9.17, 15) is 0 Å². The third-order valence-electron chi connectivity index (χ3n) is 2.88. The van der Waals surface area contributed by atoms with E-state index < -0.39 is 6.10 Å². The van der Waals surface area contributed by atoms with E-state index in [1.807, 2.05) is 0 Å². The van der Waals surface area contributed by atoms with E-state index in [1.165, 1.54) is 6.33 Å². The van der Waals surface area contributed by atoms with Crippen molar-refractivity contribution in [1.29, 1.82) is 5.26 Å². The van der Waals surface area contributed by atoms with Gasteiger partial charge < -0.3 is 9.64 Å². The molecule has 5 nitrogen and oxygen atoms in total. The molecule has 0 N–H and O–H groups in total. The first-order valence-electron chi connectivity index (χ1n) is 6.01. The van der Waals surface area contributed by atoms with Gasteiger partial charge >= 0.3 is 0 Å². The van der Waals surface area contributed by atoms with Crippen LogP contribution in [0.15, 0.2) is 6.33 Å². The van der Waals surface area contributed by atoms with Gasteiger partial charge in [-0.2, -0.15) is 5.26 Å². The molecule has 96 valence electrons. The van der Waals surface area contributed by atoms with E-state index in [2.05, 4.69) is 27.9 Å². The van der Waals surface area contributed by atoms with Gasteiger partial charge in [-0.25, -0.2) is 9.97 Å². The van der Waals surface area contributed by atoms with Crippen molar-refractivity contribution in [2.24, 2.45) is 0 Å². The normalized spacial score (nSPS) is 19.6. The number of nitriles is 1. The van der Waals surface area contributed by atoms with Gasteiger partial charge in [-0.3, -0.25) is 0 Å². The molecule has 0 radical (unpaired) electrons. The van der Waals surface area contributed by atoms with Crippen LogP contribution < -0.4 is 4.90 Å². The van der Waals surface area contributed by atoms with E-state index in [4.69, 9.17) is 21.6 Å². The largest absolute Gasteiger partial charge is 0.360 e. The molecule has 1 aliphatic heterocycles. The van der Waals surface area contributed by atoms with Crippen LogP contribution in [0, 0.1) is 11.3 Å². The van der Waals surface area contributed by atoms with Gasteiger partial charge in [0.05, 0.1) is 19.2 Å². The average molecular weight is 267 g/mol. The van der Waals surface area contributed by atoms with Crippen LogP contribution in [0.4, 0.5) is 5.82 Å². The van der Waals surface area contributed by atoms with E-state index >= 15 is 0 Å². The maximum Gasteiger partial charge on any atom is 0.161 e. The van der Waals surface area contributed by atoms with Gasteiger partial charge in [-0.1, -0.05) is 24.9 Å². The molecule has 18 heavy (non-hydrogen) atoms. The third kappa shape index (κ3) is 2.71. The highest BCUT2D eigenvalue weighted by Gasteiger charge is 2.23. The summed E-state index contributed by atoms with van der Waals surface area (Å²) in [6.45, 7) is 3.87. The summed E-state index contributed by atoms with van der Waals surface area (Å²) >= 11 is 6.12. The second-order valence-electron chi connectivity index (χ2n) is 4.15. The van der Waals surface area contributed by atoms with Gasteiger partial charge in [0.25, 0.3) is 0 Å². The fourth-order valence-corrected chi connectivity index (χ4v) is 2.26. The van der Waals surface area contributed by atoms with Crippen molar-refractivity contribution in [3.05, 3.63) is 17.0 Å². The summed E-state index contributed by atoms with van der Waals surface area (Å²) in [6, 6.07) is 2.13. The maximum absolute atomic E-state index is 8.92. The molecule has 0 bridgehead atoms. The Hall–Kier alpha value is -1.38. The summed E-state index contributed by atoms with van der Waals surface area (Å²) in [5.41, 5.74) is 0.959. The van der Waals surface area contributed by atoms with Crippen molar-refractivity contribution in [3.8, 4) is 6.07 Å². The van der Waals surface area contributed by atoms with Crippen molar-refractivity contribution < 1.29 is 4.74 Å². The quantitative estimate of drug-likeness (QED) is 0.781. The number of ether oxygens (including phenoxy) is 1. The van der Waals surface area contributed by atoms with Gasteiger partial charge in [0.1, 0.15) is 17.3 Å². The molecular weight excluding hydrogens is 252 g/mol. The van der Waals surface area contributed by atoms with Gasteiger partial charge in [0, 0.05) is 12.1 Å². The van der Waals surface area contributed by atoms with Crippen molar-refractivity contribution in [3.63, 3.8) is 0 Å². The first kappa shape index (κ1) is 13.1. The Morgan fingerprint density at radius 2 is 2.44 bits per heavy atom. The molecule has 1 aromatic rings. The molecule has 0 amide bonds. The number of halogens is 1. The molecular formula is C12H15ClN4O. The second-order valence-corrected chi connectivity index (χ2v) is 4.51. The Kier molecular flexibility index (Phi) is 4.34. The molecule has 1 aliphatic rings. The molecule has 6 heteroatoms. The molecule has 2 rings (SSSR count). The van der Waals surface area contributed by atoms with E-state index in [1.54, 1.807) is 0 Å². The van der Waals surface area contributed by atoms with E-state index in [-0.39, 0.29) is 0 Å². The number of hydrogen-bond acceptors (Lipinski definition) is 5. The summed E-state index contributed by atoms with van der Waals surface area (Å²) in [5.74, 6) is 0.834. The Morgan fingerprint density at radius 3 is 3.17 bits per heavy atom. The molecule has 1 aromatic heterocycles. The van der Waals surface area contributed by atoms with Crippen LogP contribution in [0.2, 0.25) is 5.15 Å². The fourth-order valence-electron chi connectivity index (χ4n) is 2.04. The number of rotatable bonds is 3. The molecule has 1 saturated heterocycles. The number of morpholine rings is 1. The summed E-state index contributed by atoms with van der Waals surface area (Å²) in [4.78, 5) is 10.4. The average Bonchev–Trinajstić information content (AvgIpc) is 2.41. The Bertz CT molecular complexity index is 460. The molecule has 1 fully saturated rings. The lowest BCUT2D eigenvalue weighted by Gasteiger charge is -2.31. The number of hydrogen-bond donors (Lipinski definition) is 0. The van der Waals surface area contributed by atoms with E-state index in [0.717, 1.165) is 30.8 Å². The van der Waals surface area contributed by atoms with Crippen molar-refractivity contribution >= 4 is 17.4 Å². The first-order chi connectivity index (χ1) is 8.76. The summed E-state index contributed by atoms with van der Waals surface area (Å²) < 4.78 is 5.33. The standard InChI is InChI=1S/C12H15ClN4O/c1-2-3-10-11(13)15-8-16-12(10)17-4-5-18-9(6-14)7-17/h8-9H,2-5,7H2,1H3.